The van der Waals surface area contributed by atoms with E-state index in [1.165, 1.54) is 5.56 Å². The number of amides is 1. The van der Waals surface area contributed by atoms with Crippen LogP contribution in [-0.2, 0) is 6.61 Å². The topological polar surface area (TPSA) is 63.5 Å². The molecule has 0 radical (unpaired) electrons. The molecule has 0 bridgehead atoms. The van der Waals surface area contributed by atoms with Crippen LogP contribution in [0.2, 0.25) is 0 Å². The van der Waals surface area contributed by atoms with E-state index >= 15 is 0 Å². The van der Waals surface area contributed by atoms with Gasteiger partial charge in [0.05, 0.1) is 0 Å². The predicted octanol–water partition coefficient (Wildman–Crippen LogP) is 2.96. The Labute approximate surface area is 142 Å². The average Bonchev–Trinajstić information content (AvgIpc) is 3.04. The van der Waals surface area contributed by atoms with Gasteiger partial charge in [-0.25, -0.2) is 0 Å². The van der Waals surface area contributed by atoms with Crippen molar-refractivity contribution in [2.75, 3.05) is 13.1 Å². The number of benzene rings is 1. The predicted molar refractivity (Wildman–Crippen MR) is 92.3 cm³/mol. The second kappa shape index (κ2) is 7.53. The summed E-state index contributed by atoms with van der Waals surface area (Å²) < 4.78 is 11.4. The van der Waals surface area contributed by atoms with Crippen LogP contribution in [0.3, 0.4) is 0 Å². The van der Waals surface area contributed by atoms with Gasteiger partial charge in [-0.1, -0.05) is 17.7 Å². The van der Waals surface area contributed by atoms with E-state index < -0.39 is 0 Å². The van der Waals surface area contributed by atoms with E-state index in [-0.39, 0.29) is 11.9 Å². The number of hydrogen-bond acceptors (Lipinski definition) is 4. The van der Waals surface area contributed by atoms with Gasteiger partial charge in [0.2, 0.25) is 0 Å². The van der Waals surface area contributed by atoms with Crippen molar-refractivity contribution < 1.29 is 13.9 Å². The number of carbonyl (C=O) groups excluding carboxylic acids is 1. The zero-order valence-corrected chi connectivity index (χ0v) is 14.2. The fourth-order valence-electron chi connectivity index (χ4n) is 2.92. The minimum absolute atomic E-state index is 0.165. The van der Waals surface area contributed by atoms with Gasteiger partial charge in [0, 0.05) is 12.6 Å². The van der Waals surface area contributed by atoms with Crippen LogP contribution in [0.25, 0.3) is 0 Å². The molecule has 5 heteroatoms. The quantitative estimate of drug-likeness (QED) is 0.886. The Morgan fingerprint density at radius 3 is 2.96 bits per heavy atom. The highest BCUT2D eigenvalue weighted by Crippen LogP contribution is 2.20. The zero-order chi connectivity index (χ0) is 16.9. The van der Waals surface area contributed by atoms with Crippen LogP contribution in [0.4, 0.5) is 0 Å². The third-order valence-corrected chi connectivity index (χ3v) is 4.22. The van der Waals surface area contributed by atoms with Crippen molar-refractivity contribution >= 4 is 5.91 Å². The summed E-state index contributed by atoms with van der Waals surface area (Å²) in [6.07, 6.45) is 2.08. The molecule has 1 saturated heterocycles. The third kappa shape index (κ3) is 4.17. The normalized spacial score (nSPS) is 17.5. The van der Waals surface area contributed by atoms with Gasteiger partial charge >= 0.3 is 0 Å². The van der Waals surface area contributed by atoms with Crippen LogP contribution < -0.4 is 15.4 Å². The molecule has 0 spiro atoms. The molecular formula is C19H24N2O3. The molecule has 2 aromatic rings. The van der Waals surface area contributed by atoms with E-state index in [0.717, 1.165) is 37.2 Å². The Morgan fingerprint density at radius 2 is 2.21 bits per heavy atom. The first-order valence-electron chi connectivity index (χ1n) is 8.42. The van der Waals surface area contributed by atoms with Crippen LogP contribution in [0, 0.1) is 13.8 Å². The van der Waals surface area contributed by atoms with Crippen molar-refractivity contribution in [2.45, 2.75) is 39.3 Å². The fraction of sp³-hybridized carbons (Fsp3) is 0.421. The highest BCUT2D eigenvalue weighted by molar-refractivity contribution is 5.91. The molecule has 1 amide bonds. The van der Waals surface area contributed by atoms with Gasteiger partial charge in [0.25, 0.3) is 5.91 Å². The molecule has 0 aliphatic carbocycles. The zero-order valence-electron chi connectivity index (χ0n) is 14.2. The van der Waals surface area contributed by atoms with E-state index in [4.69, 9.17) is 9.15 Å². The maximum Gasteiger partial charge on any atom is 0.287 e. The molecule has 1 atom stereocenters. The van der Waals surface area contributed by atoms with Gasteiger partial charge in [-0.3, -0.25) is 4.79 Å². The molecule has 0 unspecified atom stereocenters. The number of furan rings is 1. The third-order valence-electron chi connectivity index (χ3n) is 4.22. The fourth-order valence-corrected chi connectivity index (χ4v) is 2.92. The lowest BCUT2D eigenvalue weighted by Crippen LogP contribution is -2.45. The number of ether oxygens (including phenoxy) is 1. The first kappa shape index (κ1) is 16.6. The molecule has 1 aromatic heterocycles. The van der Waals surface area contributed by atoms with E-state index in [0.29, 0.717) is 18.1 Å². The summed E-state index contributed by atoms with van der Waals surface area (Å²) in [6.45, 7) is 6.21. The molecule has 5 nitrogen and oxygen atoms in total. The van der Waals surface area contributed by atoms with Crippen molar-refractivity contribution in [1.29, 1.82) is 0 Å². The van der Waals surface area contributed by atoms with E-state index in [1.807, 2.05) is 19.1 Å². The van der Waals surface area contributed by atoms with Crippen molar-refractivity contribution in [1.82, 2.24) is 10.6 Å². The van der Waals surface area contributed by atoms with Gasteiger partial charge in [-0.15, -0.1) is 0 Å². The monoisotopic (exact) mass is 328 g/mol. The molecule has 2 N–H and O–H groups in total. The summed E-state index contributed by atoms with van der Waals surface area (Å²) in [5, 5.41) is 6.28. The highest BCUT2D eigenvalue weighted by atomic mass is 16.5. The maximum atomic E-state index is 12.2. The first-order valence-corrected chi connectivity index (χ1v) is 8.42. The number of hydrogen-bond donors (Lipinski definition) is 2. The van der Waals surface area contributed by atoms with E-state index in [2.05, 4.69) is 23.6 Å². The Morgan fingerprint density at radius 1 is 1.33 bits per heavy atom. The first-order chi connectivity index (χ1) is 11.6. The van der Waals surface area contributed by atoms with Gasteiger partial charge in [0.1, 0.15) is 18.1 Å². The Balaban J connectivity index is 1.55. The van der Waals surface area contributed by atoms with Crippen LogP contribution in [-0.4, -0.2) is 25.0 Å². The summed E-state index contributed by atoms with van der Waals surface area (Å²) in [5.74, 6) is 1.64. The van der Waals surface area contributed by atoms with Crippen LogP contribution in [0.5, 0.6) is 5.75 Å². The summed E-state index contributed by atoms with van der Waals surface area (Å²) in [7, 11) is 0. The number of piperidine rings is 1. The number of aryl methyl sites for hydroxylation is 2. The number of rotatable bonds is 5. The second-order valence-electron chi connectivity index (χ2n) is 6.34. The molecule has 1 aliphatic heterocycles. The van der Waals surface area contributed by atoms with Crippen LogP contribution in [0.15, 0.2) is 34.7 Å². The lowest BCUT2D eigenvalue weighted by atomic mass is 10.1. The molecule has 1 aromatic carbocycles. The van der Waals surface area contributed by atoms with Crippen molar-refractivity contribution in [3.05, 3.63) is 53.0 Å². The maximum absolute atomic E-state index is 12.2. The second-order valence-corrected chi connectivity index (χ2v) is 6.34. The molecule has 3 rings (SSSR count). The number of carbonyl (C=O) groups is 1. The molecule has 2 heterocycles. The molecule has 0 saturated carbocycles. The van der Waals surface area contributed by atoms with Crippen molar-refractivity contribution in [2.24, 2.45) is 0 Å². The minimum atomic E-state index is -0.165. The molecule has 24 heavy (non-hydrogen) atoms. The summed E-state index contributed by atoms with van der Waals surface area (Å²) in [5.41, 5.74) is 2.29. The van der Waals surface area contributed by atoms with E-state index in [9.17, 15) is 4.79 Å². The number of nitrogens with one attached hydrogen (secondary N) is 2. The largest absolute Gasteiger partial charge is 0.485 e. The van der Waals surface area contributed by atoms with Crippen molar-refractivity contribution in [3.63, 3.8) is 0 Å². The molecule has 128 valence electrons. The van der Waals surface area contributed by atoms with E-state index in [1.54, 1.807) is 12.1 Å². The Bertz CT molecular complexity index is 702. The minimum Gasteiger partial charge on any atom is -0.485 e. The summed E-state index contributed by atoms with van der Waals surface area (Å²) in [4.78, 5) is 12.2. The SMILES string of the molecule is Cc1ccc(OCc2ccc(C(=O)N[C@H]3CCCNC3)o2)c(C)c1. The lowest BCUT2D eigenvalue weighted by Gasteiger charge is -2.23. The van der Waals surface area contributed by atoms with Crippen LogP contribution >= 0.6 is 0 Å². The molecular weight excluding hydrogens is 304 g/mol. The van der Waals surface area contributed by atoms with Crippen molar-refractivity contribution in [3.8, 4) is 5.75 Å². The lowest BCUT2D eigenvalue weighted by molar-refractivity contribution is 0.0898. The average molecular weight is 328 g/mol. The van der Waals surface area contributed by atoms with Gasteiger partial charge in [0.15, 0.2) is 5.76 Å². The summed E-state index contributed by atoms with van der Waals surface area (Å²) >= 11 is 0. The smallest absolute Gasteiger partial charge is 0.287 e. The van der Waals surface area contributed by atoms with Crippen LogP contribution in [0.1, 0.15) is 40.3 Å². The Kier molecular flexibility index (Phi) is 5.20. The van der Waals surface area contributed by atoms with Gasteiger partial charge in [-0.2, -0.15) is 0 Å². The standard InChI is InChI=1S/C19H24N2O3/c1-13-5-7-17(14(2)10-13)23-12-16-6-8-18(24-16)19(22)21-15-4-3-9-20-11-15/h5-8,10,15,20H,3-4,9,11-12H2,1-2H3,(H,21,22)/t15-/m0/s1. The Hall–Kier alpha value is -2.27. The molecule has 1 fully saturated rings. The molecule has 1 aliphatic rings. The van der Waals surface area contributed by atoms with Gasteiger partial charge < -0.3 is 19.8 Å². The van der Waals surface area contributed by atoms with Gasteiger partial charge in [-0.05, 0) is 57.0 Å². The highest BCUT2D eigenvalue weighted by Gasteiger charge is 2.18. The summed E-state index contributed by atoms with van der Waals surface area (Å²) in [6, 6.07) is 9.71.